The number of aromatic nitrogens is 1. The van der Waals surface area contributed by atoms with Crippen LogP contribution in [-0.2, 0) is 0 Å². The fourth-order valence-electron chi connectivity index (χ4n) is 3.61. The van der Waals surface area contributed by atoms with Crippen LogP contribution in [0.5, 0.6) is 17.2 Å². The van der Waals surface area contributed by atoms with Crippen molar-refractivity contribution < 1.29 is 19.0 Å². The number of rotatable bonds is 5. The first-order valence-electron chi connectivity index (χ1n) is 10.4. The van der Waals surface area contributed by atoms with Gasteiger partial charge in [-0.25, -0.2) is 9.78 Å². The van der Waals surface area contributed by atoms with Crippen molar-refractivity contribution in [3.8, 4) is 28.5 Å². The van der Waals surface area contributed by atoms with E-state index < -0.39 is 0 Å². The van der Waals surface area contributed by atoms with E-state index in [0.717, 1.165) is 27.8 Å². The minimum atomic E-state index is -0.191. The van der Waals surface area contributed by atoms with Crippen LogP contribution in [0, 0.1) is 0 Å². The molecule has 0 atom stereocenters. The molecule has 1 aliphatic heterocycles. The second-order valence-electron chi connectivity index (χ2n) is 8.05. The lowest BCUT2D eigenvalue weighted by molar-refractivity contribution is 0.174. The SMILES string of the molecule is COc1ccc(-c2cc3cc4c(cc3c(N(C(=O)NC(C)C)C(C)C)n2)OCO4)cc1. The van der Waals surface area contributed by atoms with Gasteiger partial charge in [0, 0.05) is 23.0 Å². The number of benzene rings is 2. The molecular formula is C24H27N3O4. The Kier molecular flexibility index (Phi) is 5.59. The molecule has 2 amide bonds. The minimum Gasteiger partial charge on any atom is -0.497 e. The molecule has 0 unspecified atom stereocenters. The lowest BCUT2D eigenvalue weighted by Gasteiger charge is -2.28. The van der Waals surface area contributed by atoms with Gasteiger partial charge in [0.05, 0.1) is 12.8 Å². The predicted octanol–water partition coefficient (Wildman–Crippen LogP) is 4.97. The number of fused-ring (bicyclic) bond motifs is 2. The molecule has 0 saturated carbocycles. The molecule has 3 aromatic rings. The second kappa shape index (κ2) is 8.34. The topological polar surface area (TPSA) is 72.9 Å². The summed E-state index contributed by atoms with van der Waals surface area (Å²) in [6.45, 7) is 8.00. The van der Waals surface area contributed by atoms with Crippen LogP contribution >= 0.6 is 0 Å². The molecule has 1 aliphatic rings. The highest BCUT2D eigenvalue weighted by Crippen LogP contribution is 2.40. The van der Waals surface area contributed by atoms with Crippen molar-refractivity contribution in [2.45, 2.75) is 39.8 Å². The third-order valence-corrected chi connectivity index (χ3v) is 5.07. The number of ether oxygens (including phenoxy) is 3. The van der Waals surface area contributed by atoms with E-state index in [1.165, 1.54) is 0 Å². The van der Waals surface area contributed by atoms with Crippen LogP contribution in [0.25, 0.3) is 22.0 Å². The van der Waals surface area contributed by atoms with Crippen molar-refractivity contribution in [3.05, 3.63) is 42.5 Å². The lowest BCUT2D eigenvalue weighted by Crippen LogP contribution is -2.47. The molecule has 7 heteroatoms. The summed E-state index contributed by atoms with van der Waals surface area (Å²) in [5.74, 6) is 2.69. The maximum absolute atomic E-state index is 13.1. The van der Waals surface area contributed by atoms with Crippen molar-refractivity contribution in [1.29, 1.82) is 0 Å². The van der Waals surface area contributed by atoms with Crippen LogP contribution in [-0.4, -0.2) is 37.0 Å². The number of carbonyl (C=O) groups is 1. The number of urea groups is 1. The molecule has 0 spiro atoms. The Bertz CT molecular complexity index is 1110. The number of amides is 2. The van der Waals surface area contributed by atoms with Crippen LogP contribution in [0.4, 0.5) is 10.6 Å². The van der Waals surface area contributed by atoms with Gasteiger partial charge in [-0.3, -0.25) is 4.90 Å². The van der Waals surface area contributed by atoms with Crippen molar-refractivity contribution in [2.75, 3.05) is 18.8 Å². The molecule has 162 valence electrons. The van der Waals surface area contributed by atoms with Crippen LogP contribution in [0.3, 0.4) is 0 Å². The molecule has 0 radical (unpaired) electrons. The van der Waals surface area contributed by atoms with E-state index in [9.17, 15) is 4.79 Å². The van der Waals surface area contributed by atoms with Gasteiger partial charge in [0.15, 0.2) is 11.5 Å². The van der Waals surface area contributed by atoms with E-state index in [2.05, 4.69) is 5.32 Å². The third kappa shape index (κ3) is 4.08. The highest BCUT2D eigenvalue weighted by Gasteiger charge is 2.26. The van der Waals surface area contributed by atoms with Crippen molar-refractivity contribution in [2.24, 2.45) is 0 Å². The standard InChI is InChI=1S/C24H27N3O4/c1-14(2)25-24(28)27(15(3)4)23-19-12-22-21(30-13-31-22)11-17(19)10-20(26-23)16-6-8-18(29-5)9-7-16/h6-12,14-15H,13H2,1-5H3,(H,25,28). The van der Waals surface area contributed by atoms with Crippen molar-refractivity contribution in [3.63, 3.8) is 0 Å². The quantitative estimate of drug-likeness (QED) is 0.630. The first kappa shape index (κ1) is 20.8. The monoisotopic (exact) mass is 421 g/mol. The molecule has 0 bridgehead atoms. The number of pyridine rings is 1. The smallest absolute Gasteiger partial charge is 0.323 e. The predicted molar refractivity (Wildman–Crippen MR) is 121 cm³/mol. The van der Waals surface area contributed by atoms with Crippen LogP contribution in [0.1, 0.15) is 27.7 Å². The summed E-state index contributed by atoms with van der Waals surface area (Å²) >= 11 is 0. The summed E-state index contributed by atoms with van der Waals surface area (Å²) in [6, 6.07) is 13.2. The lowest BCUT2D eigenvalue weighted by atomic mass is 10.0. The zero-order valence-corrected chi connectivity index (χ0v) is 18.4. The molecule has 0 saturated heterocycles. The Morgan fingerprint density at radius 3 is 2.35 bits per heavy atom. The zero-order chi connectivity index (χ0) is 22.1. The van der Waals surface area contributed by atoms with Crippen molar-refractivity contribution >= 4 is 22.6 Å². The average Bonchev–Trinajstić information content (AvgIpc) is 3.19. The maximum atomic E-state index is 13.1. The Morgan fingerprint density at radius 2 is 1.74 bits per heavy atom. The Hall–Kier alpha value is -3.48. The molecule has 2 aromatic carbocycles. The van der Waals surface area contributed by atoms with Gasteiger partial charge in [-0.2, -0.15) is 0 Å². The summed E-state index contributed by atoms with van der Waals surface area (Å²) in [6.07, 6.45) is 0. The summed E-state index contributed by atoms with van der Waals surface area (Å²) in [4.78, 5) is 19.7. The van der Waals surface area contributed by atoms with Crippen LogP contribution in [0.15, 0.2) is 42.5 Å². The van der Waals surface area contributed by atoms with E-state index in [1.54, 1.807) is 12.0 Å². The Labute approximate surface area is 181 Å². The number of carbonyl (C=O) groups excluding carboxylic acids is 1. The molecule has 7 nitrogen and oxygen atoms in total. The molecular weight excluding hydrogens is 394 g/mol. The van der Waals surface area contributed by atoms with E-state index in [-0.39, 0.29) is 24.9 Å². The largest absolute Gasteiger partial charge is 0.497 e. The summed E-state index contributed by atoms with van der Waals surface area (Å²) in [5, 5.41) is 4.74. The van der Waals surface area contributed by atoms with Gasteiger partial charge in [0.2, 0.25) is 6.79 Å². The molecule has 1 N–H and O–H groups in total. The normalized spacial score (nSPS) is 12.5. The number of methoxy groups -OCH3 is 1. The van der Waals surface area contributed by atoms with Gasteiger partial charge in [-0.15, -0.1) is 0 Å². The third-order valence-electron chi connectivity index (χ3n) is 5.07. The van der Waals surface area contributed by atoms with Gasteiger partial charge in [0.1, 0.15) is 11.6 Å². The van der Waals surface area contributed by atoms with Gasteiger partial charge < -0.3 is 19.5 Å². The number of nitrogens with zero attached hydrogens (tertiary/aromatic N) is 2. The molecule has 4 rings (SSSR count). The Balaban J connectivity index is 1.92. The fraction of sp³-hybridized carbons (Fsp3) is 0.333. The highest BCUT2D eigenvalue weighted by molar-refractivity contribution is 6.04. The number of anilines is 1. The van der Waals surface area contributed by atoms with Gasteiger partial charge in [-0.05, 0) is 75.5 Å². The summed E-state index contributed by atoms with van der Waals surface area (Å²) in [5.41, 5.74) is 1.68. The molecule has 31 heavy (non-hydrogen) atoms. The maximum Gasteiger partial charge on any atom is 0.323 e. The first-order valence-corrected chi connectivity index (χ1v) is 10.4. The number of hydrogen-bond donors (Lipinski definition) is 1. The molecule has 2 heterocycles. The number of nitrogens with one attached hydrogen (secondary N) is 1. The van der Waals surface area contributed by atoms with E-state index in [4.69, 9.17) is 19.2 Å². The van der Waals surface area contributed by atoms with Gasteiger partial charge in [-0.1, -0.05) is 0 Å². The van der Waals surface area contributed by atoms with Crippen LogP contribution in [0.2, 0.25) is 0 Å². The first-order chi connectivity index (χ1) is 14.9. The van der Waals surface area contributed by atoms with Gasteiger partial charge in [0.25, 0.3) is 0 Å². The molecule has 0 aliphatic carbocycles. The molecule has 0 fully saturated rings. The Morgan fingerprint density at radius 1 is 1.06 bits per heavy atom. The summed E-state index contributed by atoms with van der Waals surface area (Å²) < 4.78 is 16.4. The van der Waals surface area contributed by atoms with E-state index >= 15 is 0 Å². The average molecular weight is 421 g/mol. The van der Waals surface area contributed by atoms with E-state index in [0.29, 0.717) is 17.3 Å². The second-order valence-corrected chi connectivity index (χ2v) is 8.05. The van der Waals surface area contributed by atoms with E-state index in [1.807, 2.05) is 70.2 Å². The fourth-order valence-corrected chi connectivity index (χ4v) is 3.61. The highest BCUT2D eigenvalue weighted by atomic mass is 16.7. The van der Waals surface area contributed by atoms with Crippen LogP contribution < -0.4 is 24.4 Å². The number of hydrogen-bond acceptors (Lipinski definition) is 5. The molecule has 1 aromatic heterocycles. The van der Waals surface area contributed by atoms with Crippen molar-refractivity contribution in [1.82, 2.24) is 10.3 Å². The minimum absolute atomic E-state index is 0.00534. The zero-order valence-electron chi connectivity index (χ0n) is 18.4. The summed E-state index contributed by atoms with van der Waals surface area (Å²) in [7, 11) is 1.64. The van der Waals surface area contributed by atoms with Gasteiger partial charge >= 0.3 is 6.03 Å².